The fourth-order valence-corrected chi connectivity index (χ4v) is 4.67. The van der Waals surface area contributed by atoms with Crippen molar-refractivity contribution in [3.05, 3.63) is 64.3 Å². The van der Waals surface area contributed by atoms with Gasteiger partial charge in [-0.2, -0.15) is 4.98 Å². The zero-order valence-electron chi connectivity index (χ0n) is 17.1. The van der Waals surface area contributed by atoms with Crippen LogP contribution in [-0.4, -0.2) is 30.7 Å². The van der Waals surface area contributed by atoms with E-state index < -0.39 is 10.0 Å². The van der Waals surface area contributed by atoms with Crippen LogP contribution in [0.15, 0.2) is 48.7 Å². The molecule has 0 saturated heterocycles. The molecule has 1 aromatic heterocycles. The number of aromatic nitrogens is 2. The SMILES string of the molecule is COc1ccc(Nc2ncc(Cl)c(Nc3ccc(CNS(=O)(=O)C4CC4)cc3)n2)cc1Cl. The quantitative estimate of drug-likeness (QED) is 0.390. The van der Waals surface area contributed by atoms with E-state index in [4.69, 9.17) is 27.9 Å². The number of halogens is 2. The van der Waals surface area contributed by atoms with Crippen LogP contribution in [0.3, 0.4) is 0 Å². The van der Waals surface area contributed by atoms with Gasteiger partial charge in [-0.3, -0.25) is 0 Å². The van der Waals surface area contributed by atoms with Crippen LogP contribution < -0.4 is 20.1 Å². The van der Waals surface area contributed by atoms with Crippen LogP contribution in [0.25, 0.3) is 0 Å². The van der Waals surface area contributed by atoms with E-state index in [-0.39, 0.29) is 11.8 Å². The molecule has 0 spiro atoms. The molecule has 2 aromatic carbocycles. The molecule has 1 fully saturated rings. The third kappa shape index (κ3) is 5.60. The van der Waals surface area contributed by atoms with Crippen LogP contribution in [0.2, 0.25) is 10.0 Å². The number of hydrogen-bond acceptors (Lipinski definition) is 7. The second kappa shape index (κ2) is 9.50. The van der Waals surface area contributed by atoms with Crippen molar-refractivity contribution in [3.63, 3.8) is 0 Å². The Labute approximate surface area is 196 Å². The molecule has 8 nitrogen and oxygen atoms in total. The number of nitrogens with one attached hydrogen (secondary N) is 3. The fourth-order valence-electron chi connectivity index (χ4n) is 2.91. The number of ether oxygens (including phenoxy) is 1. The Morgan fingerprint density at radius 3 is 2.41 bits per heavy atom. The van der Waals surface area contributed by atoms with E-state index in [2.05, 4.69) is 25.3 Å². The molecule has 11 heteroatoms. The van der Waals surface area contributed by atoms with Crippen LogP contribution in [0, 0.1) is 0 Å². The average Bonchev–Trinajstić information content (AvgIpc) is 3.62. The van der Waals surface area contributed by atoms with Gasteiger partial charge in [-0.1, -0.05) is 35.3 Å². The largest absolute Gasteiger partial charge is 0.495 e. The van der Waals surface area contributed by atoms with Gasteiger partial charge >= 0.3 is 0 Å². The van der Waals surface area contributed by atoms with Gasteiger partial charge in [0.05, 0.1) is 23.6 Å². The van der Waals surface area contributed by atoms with Crippen molar-refractivity contribution in [3.8, 4) is 5.75 Å². The van der Waals surface area contributed by atoms with E-state index in [0.717, 1.165) is 24.1 Å². The third-order valence-corrected chi connectivity index (χ3v) is 7.28. The van der Waals surface area contributed by atoms with Gasteiger partial charge in [0, 0.05) is 17.9 Å². The Hall–Kier alpha value is -2.59. The fraction of sp³-hybridized carbons (Fsp3) is 0.238. The third-order valence-electron chi connectivity index (χ3n) is 4.81. The molecule has 0 aliphatic heterocycles. The summed E-state index contributed by atoms with van der Waals surface area (Å²) in [6.45, 7) is 0.256. The number of methoxy groups -OCH3 is 1. The summed E-state index contributed by atoms with van der Waals surface area (Å²) in [7, 11) is -1.66. The molecule has 1 aliphatic carbocycles. The monoisotopic (exact) mass is 493 g/mol. The maximum Gasteiger partial charge on any atom is 0.229 e. The number of hydrogen-bond donors (Lipinski definition) is 3. The minimum absolute atomic E-state index is 0.236. The van der Waals surface area contributed by atoms with Crippen LogP contribution in [0.4, 0.5) is 23.1 Å². The van der Waals surface area contributed by atoms with Crippen molar-refractivity contribution in [1.29, 1.82) is 0 Å². The molecule has 32 heavy (non-hydrogen) atoms. The number of sulfonamides is 1. The second-order valence-corrected chi connectivity index (χ2v) is 10.1. The molecule has 0 unspecified atom stereocenters. The molecule has 1 saturated carbocycles. The highest BCUT2D eigenvalue weighted by atomic mass is 35.5. The van der Waals surface area contributed by atoms with Crippen molar-refractivity contribution in [1.82, 2.24) is 14.7 Å². The Morgan fingerprint density at radius 2 is 1.75 bits per heavy atom. The van der Waals surface area contributed by atoms with Gasteiger partial charge in [0.1, 0.15) is 10.8 Å². The van der Waals surface area contributed by atoms with Gasteiger partial charge in [-0.15, -0.1) is 0 Å². The van der Waals surface area contributed by atoms with Crippen LogP contribution >= 0.6 is 23.2 Å². The van der Waals surface area contributed by atoms with Crippen molar-refractivity contribution in [2.75, 3.05) is 17.7 Å². The summed E-state index contributed by atoms with van der Waals surface area (Å²) in [6, 6.07) is 12.6. The Kier molecular flexibility index (Phi) is 6.71. The number of benzene rings is 2. The van der Waals surface area contributed by atoms with Crippen molar-refractivity contribution >= 4 is 56.4 Å². The van der Waals surface area contributed by atoms with Crippen molar-refractivity contribution in [2.45, 2.75) is 24.6 Å². The molecule has 0 amide bonds. The first kappa shape index (κ1) is 22.6. The number of nitrogens with zero attached hydrogens (tertiary/aromatic N) is 2. The number of anilines is 4. The Bertz CT molecular complexity index is 1220. The molecule has 0 bridgehead atoms. The van der Waals surface area contributed by atoms with E-state index >= 15 is 0 Å². The second-order valence-electron chi connectivity index (χ2n) is 7.25. The first-order valence-electron chi connectivity index (χ1n) is 9.81. The predicted molar refractivity (Wildman–Crippen MR) is 127 cm³/mol. The summed E-state index contributed by atoms with van der Waals surface area (Å²) in [5.74, 6) is 1.33. The summed E-state index contributed by atoms with van der Waals surface area (Å²) < 4.78 is 31.7. The molecule has 3 N–H and O–H groups in total. The molecular weight excluding hydrogens is 473 g/mol. The molecule has 0 radical (unpaired) electrons. The highest BCUT2D eigenvalue weighted by molar-refractivity contribution is 7.90. The van der Waals surface area contributed by atoms with Gasteiger partial charge < -0.3 is 15.4 Å². The smallest absolute Gasteiger partial charge is 0.229 e. The minimum atomic E-state index is -3.21. The van der Waals surface area contributed by atoms with Gasteiger partial charge in [0.15, 0.2) is 5.82 Å². The first-order valence-corrected chi connectivity index (χ1v) is 12.1. The summed E-state index contributed by atoms with van der Waals surface area (Å²) in [4.78, 5) is 8.62. The molecule has 0 atom stereocenters. The van der Waals surface area contributed by atoms with E-state index in [1.165, 1.54) is 6.20 Å². The van der Waals surface area contributed by atoms with E-state index in [1.807, 2.05) is 24.3 Å². The van der Waals surface area contributed by atoms with Gasteiger partial charge in [0.2, 0.25) is 16.0 Å². The highest BCUT2D eigenvalue weighted by Gasteiger charge is 2.35. The van der Waals surface area contributed by atoms with E-state index in [9.17, 15) is 8.42 Å². The molecule has 1 aliphatic rings. The van der Waals surface area contributed by atoms with Crippen LogP contribution in [-0.2, 0) is 16.6 Å². The van der Waals surface area contributed by atoms with Gasteiger partial charge in [0.25, 0.3) is 0 Å². The van der Waals surface area contributed by atoms with Crippen molar-refractivity contribution in [2.24, 2.45) is 0 Å². The lowest BCUT2D eigenvalue weighted by molar-refractivity contribution is 0.415. The Morgan fingerprint density at radius 1 is 1.03 bits per heavy atom. The minimum Gasteiger partial charge on any atom is -0.495 e. The van der Waals surface area contributed by atoms with Crippen LogP contribution in [0.1, 0.15) is 18.4 Å². The Balaban J connectivity index is 1.42. The topological polar surface area (TPSA) is 105 Å². The maximum atomic E-state index is 12.0. The maximum absolute atomic E-state index is 12.0. The zero-order valence-corrected chi connectivity index (χ0v) is 19.4. The lowest BCUT2D eigenvalue weighted by atomic mass is 10.2. The summed E-state index contributed by atoms with van der Waals surface area (Å²) >= 11 is 12.4. The molecular formula is C21H21Cl2N5O3S. The summed E-state index contributed by atoms with van der Waals surface area (Å²) in [5, 5.41) is 6.80. The standard InChI is InChI=1S/C21H21Cl2N5O3S/c1-31-19-9-6-15(10-17(19)22)27-21-24-12-18(23)20(28-21)26-14-4-2-13(3-5-14)11-25-32(29,30)16-7-8-16/h2-6,9-10,12,16,25H,7-8,11H2,1H3,(H2,24,26,27,28). The molecule has 3 aromatic rings. The highest BCUT2D eigenvalue weighted by Crippen LogP contribution is 2.30. The zero-order chi connectivity index (χ0) is 22.7. The summed E-state index contributed by atoms with van der Waals surface area (Å²) in [5.41, 5.74) is 2.30. The lowest BCUT2D eigenvalue weighted by Gasteiger charge is -2.12. The normalized spacial score (nSPS) is 13.6. The summed E-state index contributed by atoms with van der Waals surface area (Å²) in [6.07, 6.45) is 2.96. The lowest BCUT2D eigenvalue weighted by Crippen LogP contribution is -2.26. The molecule has 4 rings (SSSR count). The molecule has 168 valence electrons. The number of rotatable bonds is 9. The van der Waals surface area contributed by atoms with Gasteiger partial charge in [-0.25, -0.2) is 18.1 Å². The van der Waals surface area contributed by atoms with Crippen molar-refractivity contribution < 1.29 is 13.2 Å². The van der Waals surface area contributed by atoms with E-state index in [0.29, 0.717) is 33.2 Å². The van der Waals surface area contributed by atoms with Crippen LogP contribution in [0.5, 0.6) is 5.75 Å². The first-order chi connectivity index (χ1) is 15.3. The van der Waals surface area contributed by atoms with Gasteiger partial charge in [-0.05, 0) is 48.7 Å². The average molecular weight is 494 g/mol. The van der Waals surface area contributed by atoms with E-state index in [1.54, 1.807) is 25.3 Å². The molecule has 1 heterocycles. The predicted octanol–water partition coefficient (Wildman–Crippen LogP) is 4.86.